The average molecular weight is 829 g/mol. The molecule has 0 fully saturated rings. The van der Waals surface area contributed by atoms with E-state index in [-0.39, 0.29) is 75.4 Å². The maximum absolute atomic E-state index is 13.0. The van der Waals surface area contributed by atoms with E-state index in [0.29, 0.717) is 33.8 Å². The number of aromatic nitrogens is 4. The van der Waals surface area contributed by atoms with E-state index in [2.05, 4.69) is 36.3 Å². The lowest BCUT2D eigenvalue weighted by atomic mass is 9.99. The van der Waals surface area contributed by atoms with Crippen LogP contribution in [0.25, 0.3) is 22.7 Å². The Hall–Kier alpha value is -6.70. The van der Waals surface area contributed by atoms with Crippen molar-refractivity contribution in [1.29, 1.82) is 0 Å². The van der Waals surface area contributed by atoms with E-state index < -0.39 is 42.0 Å². The molecule has 0 aliphatic rings. The molecule has 0 spiro atoms. The van der Waals surface area contributed by atoms with Crippen molar-refractivity contribution in [3.8, 4) is 17.3 Å². The number of aliphatic hydroxyl groups excluding tert-OH is 1. The summed E-state index contributed by atoms with van der Waals surface area (Å²) in [7, 11) is 1.51. The number of carboxylic acid groups (broad SMARTS) is 1. The Morgan fingerprint density at radius 2 is 1.67 bits per heavy atom. The SMILES string of the molecule is COc1ccc(C(=O)Nc2ccc3oc(-c4ccc(=O)n(CCOCCOCCNC(=O)[C@H](CC(C)C)NC(=O)[C@@H](O)[C@@H](Cc5ccccc5)NC(=O)O)n4)nc3c2)nc1. The molecule has 0 saturated heterocycles. The number of nitrogens with one attached hydrogen (secondary N) is 4. The number of anilines is 1. The molecule has 3 atom stereocenters. The number of amides is 4. The molecule has 0 unspecified atom stereocenters. The van der Waals surface area contributed by atoms with Crippen molar-refractivity contribution in [1.82, 2.24) is 35.7 Å². The first kappa shape index (κ1) is 44.4. The molecule has 0 bridgehead atoms. The lowest BCUT2D eigenvalue weighted by Crippen LogP contribution is -2.56. The van der Waals surface area contributed by atoms with E-state index in [1.165, 1.54) is 30.1 Å². The number of aliphatic hydroxyl groups is 1. The van der Waals surface area contributed by atoms with Crippen LogP contribution >= 0.6 is 0 Å². The first-order valence-electron chi connectivity index (χ1n) is 19.2. The predicted octanol–water partition coefficient (Wildman–Crippen LogP) is 2.63. The van der Waals surface area contributed by atoms with Crippen LogP contribution in [-0.4, -0.2) is 112 Å². The van der Waals surface area contributed by atoms with Gasteiger partial charge in [0.25, 0.3) is 17.4 Å². The number of hydrogen-bond donors (Lipinski definition) is 6. The second-order valence-electron chi connectivity index (χ2n) is 13.9. The van der Waals surface area contributed by atoms with Crippen molar-refractivity contribution in [3.63, 3.8) is 0 Å². The summed E-state index contributed by atoms with van der Waals surface area (Å²) in [6.07, 6.45) is -1.36. The third-order valence-electron chi connectivity index (χ3n) is 8.90. The molecule has 4 amide bonds. The number of fused-ring (bicyclic) bond motifs is 1. The van der Waals surface area contributed by atoms with Crippen LogP contribution < -0.4 is 31.6 Å². The first-order chi connectivity index (χ1) is 28.9. The lowest BCUT2D eigenvalue weighted by molar-refractivity contribution is -0.135. The topological polar surface area (TPSA) is 258 Å². The van der Waals surface area contributed by atoms with Crippen LogP contribution in [0.2, 0.25) is 0 Å². The summed E-state index contributed by atoms with van der Waals surface area (Å²) in [5.74, 6) is -1.05. The molecule has 318 valence electrons. The average Bonchev–Trinajstić information content (AvgIpc) is 3.66. The molecule has 0 radical (unpaired) electrons. The third-order valence-corrected chi connectivity index (χ3v) is 8.90. The molecule has 3 heterocycles. The smallest absolute Gasteiger partial charge is 0.404 e. The van der Waals surface area contributed by atoms with Crippen LogP contribution in [0, 0.1) is 5.92 Å². The largest absolute Gasteiger partial charge is 0.495 e. The minimum absolute atomic E-state index is 0.0140. The third kappa shape index (κ3) is 13.2. The molecule has 0 aliphatic carbocycles. The Bertz CT molecular complexity index is 2260. The van der Waals surface area contributed by atoms with Crippen LogP contribution in [0.3, 0.4) is 0 Å². The van der Waals surface area contributed by atoms with Crippen molar-refractivity contribution in [3.05, 3.63) is 101 Å². The molecule has 0 aliphatic heterocycles. The van der Waals surface area contributed by atoms with E-state index in [1.807, 2.05) is 13.8 Å². The summed E-state index contributed by atoms with van der Waals surface area (Å²) in [5.41, 5.74) is 2.28. The highest BCUT2D eigenvalue weighted by molar-refractivity contribution is 6.03. The van der Waals surface area contributed by atoms with Gasteiger partial charge in [0.05, 0.1) is 52.3 Å². The van der Waals surface area contributed by atoms with Crippen LogP contribution in [-0.2, 0) is 32.0 Å². The van der Waals surface area contributed by atoms with Gasteiger partial charge in [-0.3, -0.25) is 19.2 Å². The van der Waals surface area contributed by atoms with Gasteiger partial charge in [-0.05, 0) is 60.7 Å². The second kappa shape index (κ2) is 21.9. The zero-order chi connectivity index (χ0) is 43.0. The number of hydrogen-bond acceptors (Lipinski definition) is 13. The van der Waals surface area contributed by atoms with Gasteiger partial charge in [0.2, 0.25) is 11.8 Å². The summed E-state index contributed by atoms with van der Waals surface area (Å²) in [4.78, 5) is 71.2. The molecule has 5 rings (SSSR count). The molecule has 5 aromatic rings. The Labute approximate surface area is 344 Å². The summed E-state index contributed by atoms with van der Waals surface area (Å²) in [5, 5.41) is 34.7. The molecule has 3 aromatic heterocycles. The number of rotatable bonds is 22. The Morgan fingerprint density at radius 1 is 0.900 bits per heavy atom. The highest BCUT2D eigenvalue weighted by Crippen LogP contribution is 2.25. The van der Waals surface area contributed by atoms with Crippen LogP contribution in [0.1, 0.15) is 36.3 Å². The monoisotopic (exact) mass is 828 g/mol. The van der Waals surface area contributed by atoms with E-state index in [9.17, 15) is 34.2 Å². The fraction of sp³-hybridized carbons (Fsp3) is 0.366. The summed E-state index contributed by atoms with van der Waals surface area (Å²) >= 11 is 0. The number of oxazole rings is 1. The zero-order valence-corrected chi connectivity index (χ0v) is 33.3. The molecule has 19 heteroatoms. The van der Waals surface area contributed by atoms with Gasteiger partial charge >= 0.3 is 6.09 Å². The summed E-state index contributed by atoms with van der Waals surface area (Å²) in [6, 6.07) is 17.7. The predicted molar refractivity (Wildman–Crippen MR) is 217 cm³/mol. The number of carbonyl (C=O) groups is 4. The molecule has 0 saturated carbocycles. The molecular formula is C41H48N8O11. The summed E-state index contributed by atoms with van der Waals surface area (Å²) in [6.45, 7) is 4.69. The molecule has 19 nitrogen and oxygen atoms in total. The number of benzene rings is 2. The van der Waals surface area contributed by atoms with Gasteiger partial charge in [0.15, 0.2) is 11.7 Å². The van der Waals surface area contributed by atoms with Gasteiger partial charge in [0.1, 0.15) is 28.7 Å². The first-order valence-corrected chi connectivity index (χ1v) is 19.2. The normalized spacial score (nSPS) is 12.7. The van der Waals surface area contributed by atoms with Crippen LogP contribution in [0.15, 0.2) is 88.2 Å². The van der Waals surface area contributed by atoms with Gasteiger partial charge in [-0.25, -0.2) is 19.4 Å². The quantitative estimate of drug-likeness (QED) is 0.0549. The molecule has 2 aromatic carbocycles. The lowest BCUT2D eigenvalue weighted by Gasteiger charge is -2.26. The molecule has 6 N–H and O–H groups in total. The number of methoxy groups -OCH3 is 1. The van der Waals surface area contributed by atoms with Gasteiger partial charge in [-0.1, -0.05) is 44.2 Å². The Kier molecular flexibility index (Phi) is 16.2. The highest BCUT2D eigenvalue weighted by Gasteiger charge is 2.31. The van der Waals surface area contributed by atoms with Crippen LogP contribution in [0.5, 0.6) is 5.75 Å². The fourth-order valence-electron chi connectivity index (χ4n) is 5.92. The summed E-state index contributed by atoms with van der Waals surface area (Å²) < 4.78 is 23.4. The van der Waals surface area contributed by atoms with E-state index in [0.717, 1.165) is 0 Å². The zero-order valence-electron chi connectivity index (χ0n) is 33.3. The van der Waals surface area contributed by atoms with E-state index in [4.69, 9.17) is 18.6 Å². The van der Waals surface area contributed by atoms with Crippen molar-refractivity contribution >= 4 is 40.6 Å². The number of ether oxygens (including phenoxy) is 3. The second-order valence-corrected chi connectivity index (χ2v) is 13.9. The number of nitrogens with zero attached hydrogens (tertiary/aromatic N) is 4. The van der Waals surface area contributed by atoms with Crippen molar-refractivity contribution in [2.75, 3.05) is 45.4 Å². The molecular weight excluding hydrogens is 780 g/mol. The van der Waals surface area contributed by atoms with E-state index >= 15 is 0 Å². The van der Waals surface area contributed by atoms with Crippen molar-refractivity contribution in [2.45, 2.75) is 51.4 Å². The van der Waals surface area contributed by atoms with Gasteiger partial charge in [-0.15, -0.1) is 0 Å². The van der Waals surface area contributed by atoms with Crippen molar-refractivity contribution < 1.29 is 48.0 Å². The number of carbonyl (C=O) groups excluding carboxylic acids is 3. The maximum atomic E-state index is 13.0. The van der Waals surface area contributed by atoms with Gasteiger partial charge in [0, 0.05) is 18.3 Å². The fourth-order valence-corrected chi connectivity index (χ4v) is 5.92. The standard InChI is InChI=1S/C41H48N8O11/c1-25(2)21-33(45-39(54)36(51)32(47-41(55)56)22-26-7-5-4-6-8-26)37(52)42-15-17-58-19-20-59-18-16-49-35(50)14-12-30(48-49)40-46-31-23-27(9-13-34(31)60-40)44-38(53)29-11-10-28(57-3)24-43-29/h4-14,23-25,32-33,36,47,51H,15-22H2,1-3H3,(H,42,52)(H,44,53)(H,45,54)(H,55,56)/t32-,33+,36+/m1/s1. The minimum Gasteiger partial charge on any atom is -0.495 e. The molecule has 60 heavy (non-hydrogen) atoms. The van der Waals surface area contributed by atoms with Gasteiger partial charge in [-0.2, -0.15) is 5.10 Å². The Balaban J connectivity index is 1.03. The van der Waals surface area contributed by atoms with Crippen LogP contribution in [0.4, 0.5) is 10.5 Å². The Morgan fingerprint density at radius 3 is 2.37 bits per heavy atom. The van der Waals surface area contributed by atoms with Crippen molar-refractivity contribution in [2.24, 2.45) is 5.92 Å². The maximum Gasteiger partial charge on any atom is 0.404 e. The van der Waals surface area contributed by atoms with Gasteiger partial charge < -0.3 is 50.1 Å². The minimum atomic E-state index is -1.75. The number of pyridine rings is 1. The van der Waals surface area contributed by atoms with E-state index in [1.54, 1.807) is 60.7 Å². The highest BCUT2D eigenvalue weighted by atomic mass is 16.5.